The van der Waals surface area contributed by atoms with E-state index < -0.39 is 0 Å². The van der Waals surface area contributed by atoms with Crippen LogP contribution in [0.15, 0.2) is 93.5 Å². The van der Waals surface area contributed by atoms with Crippen molar-refractivity contribution in [3.63, 3.8) is 0 Å². The molecular weight excluding hydrogens is 352 g/mol. The maximum absolute atomic E-state index is 10.7. The zero-order chi connectivity index (χ0) is 18.7. The Morgan fingerprint density at radius 2 is 1.33 bits per heavy atom. The van der Waals surface area contributed by atoms with Gasteiger partial charge in [-0.05, 0) is 69.0 Å². The van der Waals surface area contributed by atoms with Gasteiger partial charge in [-0.3, -0.25) is 0 Å². The zero-order valence-electron chi connectivity index (χ0n) is 15.6. The first-order chi connectivity index (χ1) is 13.1. The number of hydrogen-bond donors (Lipinski definition) is 1. The van der Waals surface area contributed by atoms with Crippen LogP contribution < -0.4 is 4.74 Å². The highest BCUT2D eigenvalue weighted by Gasteiger charge is 2.33. The molecule has 0 amide bonds. The van der Waals surface area contributed by atoms with Crippen LogP contribution in [0.5, 0.6) is 11.5 Å². The Hall–Kier alpha value is -2.39. The Kier molecular flexibility index (Phi) is 5.13. The summed E-state index contributed by atoms with van der Waals surface area (Å²) in [7, 11) is -0.263. The molecule has 2 nitrogen and oxygen atoms in total. The summed E-state index contributed by atoms with van der Waals surface area (Å²) >= 11 is 0. The van der Waals surface area contributed by atoms with E-state index in [0.717, 1.165) is 17.7 Å². The molecule has 0 aromatic heterocycles. The minimum Gasteiger partial charge on any atom is -0.504 e. The summed E-state index contributed by atoms with van der Waals surface area (Å²) in [6, 6.07) is 26.8. The van der Waals surface area contributed by atoms with Crippen LogP contribution in [0.3, 0.4) is 0 Å². The quantitative estimate of drug-likeness (QED) is 0.537. The van der Waals surface area contributed by atoms with Crippen LogP contribution in [0.1, 0.15) is 32.6 Å². The van der Waals surface area contributed by atoms with E-state index in [1.54, 1.807) is 0 Å². The van der Waals surface area contributed by atoms with Crippen LogP contribution in [0.2, 0.25) is 0 Å². The predicted molar refractivity (Wildman–Crippen MR) is 111 cm³/mol. The van der Waals surface area contributed by atoms with Gasteiger partial charge in [-0.15, -0.1) is 0 Å². The second kappa shape index (κ2) is 7.69. The van der Waals surface area contributed by atoms with Crippen molar-refractivity contribution in [1.29, 1.82) is 0 Å². The van der Waals surface area contributed by atoms with E-state index in [9.17, 15) is 5.11 Å². The third-order valence-corrected chi connectivity index (χ3v) is 7.35. The van der Waals surface area contributed by atoms with Crippen LogP contribution in [-0.2, 0) is 10.9 Å². The van der Waals surface area contributed by atoms with Crippen molar-refractivity contribution in [3.05, 3.63) is 78.9 Å². The van der Waals surface area contributed by atoms with Crippen LogP contribution in [0.4, 0.5) is 0 Å². The molecule has 0 atom stereocenters. The first-order valence-electron chi connectivity index (χ1n) is 9.51. The molecule has 1 aliphatic carbocycles. The SMILES string of the molecule is CC1(Oc2ccc([S+](c3ccccc3)c3ccccc3)cc2O)CCCC1. The van der Waals surface area contributed by atoms with Gasteiger partial charge in [-0.25, -0.2) is 0 Å². The summed E-state index contributed by atoms with van der Waals surface area (Å²) in [4.78, 5) is 3.56. The van der Waals surface area contributed by atoms with Gasteiger partial charge in [0.2, 0.25) is 0 Å². The van der Waals surface area contributed by atoms with E-state index in [1.165, 1.54) is 22.6 Å². The number of ether oxygens (including phenoxy) is 1. The number of hydrogen-bond acceptors (Lipinski definition) is 2. The highest BCUT2D eigenvalue weighted by molar-refractivity contribution is 7.97. The lowest BCUT2D eigenvalue weighted by molar-refractivity contribution is 0.0927. The summed E-state index contributed by atoms with van der Waals surface area (Å²) in [5.41, 5.74) is -0.153. The molecule has 0 saturated heterocycles. The average Bonchev–Trinajstić information content (AvgIpc) is 3.12. The molecule has 1 aliphatic rings. The Morgan fingerprint density at radius 3 is 1.85 bits per heavy atom. The first kappa shape index (κ1) is 18.0. The van der Waals surface area contributed by atoms with E-state index in [0.29, 0.717) is 5.75 Å². The lowest BCUT2D eigenvalue weighted by atomic mass is 10.1. The lowest BCUT2D eigenvalue weighted by Gasteiger charge is -2.26. The van der Waals surface area contributed by atoms with E-state index in [1.807, 2.05) is 24.3 Å². The molecule has 3 heteroatoms. The molecule has 0 aliphatic heterocycles. The van der Waals surface area contributed by atoms with Crippen LogP contribution in [0, 0.1) is 0 Å². The molecule has 0 spiro atoms. The minimum absolute atomic E-state index is 0.153. The Labute approximate surface area is 164 Å². The standard InChI is InChI=1S/C24H24O2S/c1-24(16-8-9-17-24)26-23-15-14-21(18-22(23)25)27(19-10-4-2-5-11-19)20-12-6-3-7-13-20/h2-7,10-15,18H,8-9,16-17H2,1H3/p+1. The fourth-order valence-corrected chi connectivity index (χ4v) is 5.83. The largest absolute Gasteiger partial charge is 0.504 e. The number of benzene rings is 3. The molecule has 27 heavy (non-hydrogen) atoms. The summed E-state index contributed by atoms with van der Waals surface area (Å²) in [5.74, 6) is 0.817. The predicted octanol–water partition coefficient (Wildman–Crippen LogP) is 6.20. The molecule has 0 heterocycles. The molecule has 0 bridgehead atoms. The minimum atomic E-state index is -0.263. The lowest BCUT2D eigenvalue weighted by Crippen LogP contribution is -2.28. The third kappa shape index (κ3) is 3.98. The van der Waals surface area contributed by atoms with Crippen molar-refractivity contribution in [2.45, 2.75) is 52.9 Å². The topological polar surface area (TPSA) is 29.5 Å². The second-order valence-electron chi connectivity index (χ2n) is 7.32. The van der Waals surface area contributed by atoms with Crippen molar-refractivity contribution in [3.8, 4) is 11.5 Å². The fourth-order valence-electron chi connectivity index (χ4n) is 3.72. The number of aromatic hydroxyl groups is 1. The summed E-state index contributed by atoms with van der Waals surface area (Å²) in [6.45, 7) is 2.14. The van der Waals surface area contributed by atoms with E-state index in [2.05, 4.69) is 61.5 Å². The van der Waals surface area contributed by atoms with E-state index in [-0.39, 0.29) is 22.2 Å². The first-order valence-corrected chi connectivity index (χ1v) is 10.7. The number of phenols is 1. The van der Waals surface area contributed by atoms with Gasteiger partial charge in [0.25, 0.3) is 0 Å². The molecule has 1 N–H and O–H groups in total. The van der Waals surface area contributed by atoms with Crippen LogP contribution in [0.25, 0.3) is 0 Å². The third-order valence-electron chi connectivity index (χ3n) is 5.14. The van der Waals surface area contributed by atoms with Crippen molar-refractivity contribution in [1.82, 2.24) is 0 Å². The second-order valence-corrected chi connectivity index (χ2v) is 9.35. The van der Waals surface area contributed by atoms with Gasteiger partial charge in [-0.2, -0.15) is 0 Å². The Morgan fingerprint density at radius 1 is 0.778 bits per heavy atom. The molecule has 0 radical (unpaired) electrons. The van der Waals surface area contributed by atoms with Crippen molar-refractivity contribution in [2.24, 2.45) is 0 Å². The summed E-state index contributed by atoms with van der Waals surface area (Å²) in [6.07, 6.45) is 4.49. The monoisotopic (exact) mass is 377 g/mol. The zero-order valence-corrected chi connectivity index (χ0v) is 16.4. The summed E-state index contributed by atoms with van der Waals surface area (Å²) in [5, 5.41) is 10.7. The van der Waals surface area contributed by atoms with Crippen molar-refractivity contribution in [2.75, 3.05) is 0 Å². The van der Waals surface area contributed by atoms with Gasteiger partial charge in [0.15, 0.2) is 26.2 Å². The molecule has 138 valence electrons. The smallest absolute Gasteiger partial charge is 0.170 e. The molecule has 4 rings (SSSR count). The number of rotatable bonds is 5. The maximum Gasteiger partial charge on any atom is 0.170 e. The van der Waals surface area contributed by atoms with E-state index >= 15 is 0 Å². The number of phenolic OH excluding ortho intramolecular Hbond substituents is 1. The van der Waals surface area contributed by atoms with E-state index in [4.69, 9.17) is 4.74 Å². The normalized spacial score (nSPS) is 15.8. The van der Waals surface area contributed by atoms with Crippen molar-refractivity contribution >= 4 is 10.9 Å². The molecule has 3 aromatic rings. The highest BCUT2D eigenvalue weighted by atomic mass is 32.2. The Balaban J connectivity index is 1.70. The van der Waals surface area contributed by atoms with Gasteiger partial charge in [-0.1, -0.05) is 36.4 Å². The molecule has 0 unspecified atom stereocenters. The molecule has 3 aromatic carbocycles. The highest BCUT2D eigenvalue weighted by Crippen LogP contribution is 2.40. The van der Waals surface area contributed by atoms with Gasteiger partial charge in [0.05, 0.1) is 10.9 Å². The molecule has 1 fully saturated rings. The average molecular weight is 378 g/mol. The molecule has 1 saturated carbocycles. The summed E-state index contributed by atoms with van der Waals surface area (Å²) < 4.78 is 6.19. The van der Waals surface area contributed by atoms with Crippen LogP contribution >= 0.6 is 0 Å². The van der Waals surface area contributed by atoms with Gasteiger partial charge < -0.3 is 9.84 Å². The van der Waals surface area contributed by atoms with Gasteiger partial charge in [0, 0.05) is 6.07 Å². The Bertz CT molecular complexity index is 847. The maximum atomic E-state index is 10.7. The fraction of sp³-hybridized carbons (Fsp3) is 0.250. The van der Waals surface area contributed by atoms with Gasteiger partial charge in [0.1, 0.15) is 5.60 Å². The van der Waals surface area contributed by atoms with Crippen LogP contribution in [-0.4, -0.2) is 10.7 Å². The van der Waals surface area contributed by atoms with Crippen molar-refractivity contribution < 1.29 is 9.84 Å². The van der Waals surface area contributed by atoms with Gasteiger partial charge >= 0.3 is 0 Å². The molecular formula is C24H25O2S+.